The van der Waals surface area contributed by atoms with Gasteiger partial charge in [-0.05, 0) is 69.2 Å². The van der Waals surface area contributed by atoms with Gasteiger partial charge >= 0.3 is 0 Å². The van der Waals surface area contributed by atoms with Gasteiger partial charge in [0.2, 0.25) is 11.8 Å². The molecule has 3 aromatic rings. The molecule has 0 saturated carbocycles. The van der Waals surface area contributed by atoms with Crippen LogP contribution in [0.3, 0.4) is 0 Å². The number of anilines is 1. The highest BCUT2D eigenvalue weighted by Gasteiger charge is 2.32. The fourth-order valence-electron chi connectivity index (χ4n) is 4.10. The molecule has 3 aromatic carbocycles. The highest BCUT2D eigenvalue weighted by atomic mass is 35.5. The van der Waals surface area contributed by atoms with Crippen LogP contribution >= 0.6 is 11.6 Å². The molecule has 1 atom stereocenters. The van der Waals surface area contributed by atoms with E-state index in [9.17, 15) is 18.0 Å². The van der Waals surface area contributed by atoms with E-state index in [1.165, 1.54) is 17.0 Å². The Morgan fingerprint density at radius 2 is 1.62 bits per heavy atom. The van der Waals surface area contributed by atoms with Crippen LogP contribution in [0.15, 0.2) is 77.7 Å². The molecule has 0 heterocycles. The summed E-state index contributed by atoms with van der Waals surface area (Å²) in [4.78, 5) is 28.4. The number of nitrogens with zero attached hydrogens (tertiary/aromatic N) is 2. The standard InChI is InChI=1S/C30H36ClN3O4S/c1-5-6-18-32-30(36)24(4)33(20-25-9-7-8-23(3)19-25)29(35)21-34(27-14-12-26(31)13-15-27)39(37,38)28-16-10-22(2)11-17-28/h7-17,19,24H,5-6,18,20-21H2,1-4H3,(H,32,36). The lowest BCUT2D eigenvalue weighted by Gasteiger charge is -2.32. The number of halogens is 1. The van der Waals surface area contributed by atoms with E-state index in [0.717, 1.165) is 33.8 Å². The maximum Gasteiger partial charge on any atom is 0.264 e. The van der Waals surface area contributed by atoms with E-state index < -0.39 is 28.5 Å². The second kappa shape index (κ2) is 13.6. The second-order valence-corrected chi connectivity index (χ2v) is 11.9. The van der Waals surface area contributed by atoms with Crippen LogP contribution in [-0.2, 0) is 26.2 Å². The zero-order valence-electron chi connectivity index (χ0n) is 22.9. The van der Waals surface area contributed by atoms with E-state index in [2.05, 4.69) is 5.32 Å². The third-order valence-corrected chi connectivity index (χ3v) is 8.47. The molecular formula is C30H36ClN3O4S. The van der Waals surface area contributed by atoms with Crippen molar-refractivity contribution in [1.29, 1.82) is 0 Å². The van der Waals surface area contributed by atoms with Crippen LogP contribution in [0.5, 0.6) is 0 Å². The van der Waals surface area contributed by atoms with Gasteiger partial charge < -0.3 is 10.2 Å². The highest BCUT2D eigenvalue weighted by Crippen LogP contribution is 2.26. The van der Waals surface area contributed by atoms with Gasteiger partial charge in [-0.15, -0.1) is 0 Å². The van der Waals surface area contributed by atoms with Crippen LogP contribution in [0.1, 0.15) is 43.4 Å². The molecule has 0 aliphatic heterocycles. The van der Waals surface area contributed by atoms with Crippen molar-refractivity contribution in [3.8, 4) is 0 Å². The third kappa shape index (κ3) is 8.07. The van der Waals surface area contributed by atoms with E-state index in [0.29, 0.717) is 17.3 Å². The van der Waals surface area contributed by atoms with Gasteiger partial charge in [0.05, 0.1) is 10.6 Å². The van der Waals surface area contributed by atoms with Crippen LogP contribution in [0.4, 0.5) is 5.69 Å². The van der Waals surface area contributed by atoms with Crippen LogP contribution in [-0.4, -0.2) is 44.3 Å². The fourth-order valence-corrected chi connectivity index (χ4v) is 5.64. The lowest BCUT2D eigenvalue weighted by Crippen LogP contribution is -2.51. The Labute approximate surface area is 236 Å². The number of hydrogen-bond acceptors (Lipinski definition) is 4. The van der Waals surface area contributed by atoms with Gasteiger partial charge in [0, 0.05) is 18.1 Å². The van der Waals surface area contributed by atoms with Gasteiger partial charge in [-0.2, -0.15) is 0 Å². The van der Waals surface area contributed by atoms with E-state index in [4.69, 9.17) is 11.6 Å². The molecule has 0 saturated heterocycles. The molecule has 9 heteroatoms. The van der Waals surface area contributed by atoms with Crippen molar-refractivity contribution < 1.29 is 18.0 Å². The van der Waals surface area contributed by atoms with Gasteiger partial charge in [0.25, 0.3) is 10.0 Å². The quantitative estimate of drug-likeness (QED) is 0.292. The van der Waals surface area contributed by atoms with Gasteiger partial charge in [0.1, 0.15) is 12.6 Å². The minimum atomic E-state index is -4.11. The molecule has 0 aliphatic rings. The van der Waals surface area contributed by atoms with Crippen LogP contribution in [0.2, 0.25) is 5.02 Å². The summed E-state index contributed by atoms with van der Waals surface area (Å²) >= 11 is 6.07. The number of carbonyl (C=O) groups is 2. The molecule has 7 nitrogen and oxygen atoms in total. The summed E-state index contributed by atoms with van der Waals surface area (Å²) in [5, 5.41) is 3.33. The predicted molar refractivity (Wildman–Crippen MR) is 156 cm³/mol. The molecule has 39 heavy (non-hydrogen) atoms. The summed E-state index contributed by atoms with van der Waals surface area (Å²) in [5.74, 6) is -0.788. The number of benzene rings is 3. The maximum atomic E-state index is 13.9. The molecule has 0 spiro atoms. The van der Waals surface area contributed by atoms with Gasteiger partial charge in [-0.25, -0.2) is 8.42 Å². The summed E-state index contributed by atoms with van der Waals surface area (Å²) in [7, 11) is -4.11. The van der Waals surface area contributed by atoms with E-state index in [-0.39, 0.29) is 17.3 Å². The first-order valence-corrected chi connectivity index (χ1v) is 14.8. The second-order valence-electron chi connectivity index (χ2n) is 9.63. The number of nitrogens with one attached hydrogen (secondary N) is 1. The average Bonchev–Trinajstić information content (AvgIpc) is 2.90. The molecule has 0 bridgehead atoms. The normalized spacial score (nSPS) is 12.0. The van der Waals surface area contributed by atoms with Gasteiger partial charge in [0.15, 0.2) is 0 Å². The molecule has 3 rings (SSSR count). The maximum absolute atomic E-state index is 13.9. The number of aryl methyl sites for hydroxylation is 2. The molecule has 0 aliphatic carbocycles. The number of hydrogen-bond donors (Lipinski definition) is 1. The largest absolute Gasteiger partial charge is 0.354 e. The van der Waals surface area contributed by atoms with Crippen molar-refractivity contribution in [3.63, 3.8) is 0 Å². The first-order chi connectivity index (χ1) is 18.5. The Hall–Kier alpha value is -3.36. The summed E-state index contributed by atoms with van der Waals surface area (Å²) < 4.78 is 28.7. The molecule has 1 N–H and O–H groups in total. The van der Waals surface area contributed by atoms with Crippen LogP contribution < -0.4 is 9.62 Å². The predicted octanol–water partition coefficient (Wildman–Crippen LogP) is 5.49. The van der Waals surface area contributed by atoms with Gasteiger partial charge in [-0.3, -0.25) is 13.9 Å². The minimum Gasteiger partial charge on any atom is -0.354 e. The number of sulfonamides is 1. The Kier molecular flexibility index (Phi) is 10.5. The number of unbranched alkanes of at least 4 members (excludes halogenated alkanes) is 1. The van der Waals surface area contributed by atoms with E-state index in [1.807, 2.05) is 45.0 Å². The smallest absolute Gasteiger partial charge is 0.264 e. The Morgan fingerprint density at radius 3 is 2.23 bits per heavy atom. The van der Waals surface area contributed by atoms with E-state index in [1.54, 1.807) is 43.3 Å². The average molecular weight is 570 g/mol. The third-order valence-electron chi connectivity index (χ3n) is 6.43. The summed E-state index contributed by atoms with van der Waals surface area (Å²) in [6.07, 6.45) is 1.75. The lowest BCUT2D eigenvalue weighted by molar-refractivity contribution is -0.139. The van der Waals surface area contributed by atoms with Crippen LogP contribution in [0, 0.1) is 13.8 Å². The topological polar surface area (TPSA) is 86.8 Å². The molecule has 1 unspecified atom stereocenters. The molecule has 0 fully saturated rings. The van der Waals surface area contributed by atoms with Crippen molar-refractivity contribution in [2.24, 2.45) is 0 Å². The van der Waals surface area contributed by atoms with Crippen molar-refractivity contribution in [2.75, 3.05) is 17.4 Å². The van der Waals surface area contributed by atoms with Crippen molar-refractivity contribution in [3.05, 3.63) is 94.5 Å². The van der Waals surface area contributed by atoms with Crippen molar-refractivity contribution in [2.45, 2.75) is 58.0 Å². The van der Waals surface area contributed by atoms with Crippen LogP contribution in [0.25, 0.3) is 0 Å². The van der Waals surface area contributed by atoms with Crippen molar-refractivity contribution >= 4 is 39.1 Å². The lowest BCUT2D eigenvalue weighted by atomic mass is 10.1. The Balaban J connectivity index is 1.99. The minimum absolute atomic E-state index is 0.0615. The van der Waals surface area contributed by atoms with Gasteiger partial charge in [-0.1, -0.05) is 72.5 Å². The summed E-state index contributed by atoms with van der Waals surface area (Å²) in [5.41, 5.74) is 3.07. The number of carbonyl (C=O) groups excluding carboxylic acids is 2. The highest BCUT2D eigenvalue weighted by molar-refractivity contribution is 7.92. The number of amides is 2. The molecule has 0 aromatic heterocycles. The Bertz CT molecular complexity index is 1380. The molecule has 208 valence electrons. The summed E-state index contributed by atoms with van der Waals surface area (Å²) in [6.45, 7) is 7.68. The SMILES string of the molecule is CCCCNC(=O)C(C)N(Cc1cccc(C)c1)C(=O)CN(c1ccc(Cl)cc1)S(=O)(=O)c1ccc(C)cc1. The Morgan fingerprint density at radius 1 is 0.949 bits per heavy atom. The molecule has 0 radical (unpaired) electrons. The number of rotatable bonds is 12. The zero-order valence-corrected chi connectivity index (χ0v) is 24.4. The zero-order chi connectivity index (χ0) is 28.6. The first kappa shape index (κ1) is 30.2. The van der Waals surface area contributed by atoms with E-state index >= 15 is 0 Å². The molecule has 2 amide bonds. The van der Waals surface area contributed by atoms with Crippen molar-refractivity contribution in [1.82, 2.24) is 10.2 Å². The monoisotopic (exact) mass is 569 g/mol. The summed E-state index contributed by atoms with van der Waals surface area (Å²) in [6, 6.07) is 19.6. The fraction of sp³-hybridized carbons (Fsp3) is 0.333. The first-order valence-electron chi connectivity index (χ1n) is 13.0. The molecular weight excluding hydrogens is 534 g/mol.